The molecule has 0 aliphatic rings. The highest BCUT2D eigenvalue weighted by Crippen LogP contribution is 2.30. The van der Waals surface area contributed by atoms with Crippen LogP contribution in [0.4, 0.5) is 5.69 Å². The average molecular weight is 518 g/mol. The van der Waals surface area contributed by atoms with E-state index in [1.54, 1.807) is 12.0 Å². The minimum Gasteiger partial charge on any atom is -0.493 e. The van der Waals surface area contributed by atoms with Gasteiger partial charge in [-0.05, 0) is 42.3 Å². The third-order valence-electron chi connectivity index (χ3n) is 6.82. The van der Waals surface area contributed by atoms with Gasteiger partial charge in [0.2, 0.25) is 0 Å². The van der Waals surface area contributed by atoms with Crippen LogP contribution in [0, 0.1) is 0 Å². The van der Waals surface area contributed by atoms with E-state index in [-0.39, 0.29) is 5.91 Å². The molecule has 0 unspecified atom stereocenters. The molecule has 0 saturated heterocycles. The Labute approximate surface area is 229 Å². The largest absolute Gasteiger partial charge is 0.493 e. The van der Waals surface area contributed by atoms with Crippen molar-refractivity contribution in [3.63, 3.8) is 0 Å². The minimum atomic E-state index is -0.0485. The molecule has 3 rings (SSSR count). The van der Waals surface area contributed by atoms with Crippen molar-refractivity contribution < 1.29 is 18.8 Å². The maximum Gasteiger partial charge on any atom is 0.264 e. The Morgan fingerprint density at radius 3 is 2.16 bits per heavy atom. The Morgan fingerprint density at radius 1 is 0.816 bits per heavy atom. The van der Waals surface area contributed by atoms with E-state index in [1.807, 2.05) is 84.7 Å². The van der Waals surface area contributed by atoms with Gasteiger partial charge in [0.25, 0.3) is 5.91 Å². The number of ether oxygens (including phenoxy) is 2. The van der Waals surface area contributed by atoms with Gasteiger partial charge in [-0.25, -0.2) is 4.57 Å². The summed E-state index contributed by atoms with van der Waals surface area (Å²) in [6, 6.07) is 19.5. The van der Waals surface area contributed by atoms with Gasteiger partial charge in [-0.1, -0.05) is 89.0 Å². The SMILES string of the molecule is CCCCCCCCCCCCOc1ccc(CN(C(=O)c2ccc[n+](C)c2)c2ccccc2)cc1OC. The summed E-state index contributed by atoms with van der Waals surface area (Å²) in [5, 5.41) is 0. The highest BCUT2D eigenvalue weighted by atomic mass is 16.5. The molecule has 0 radical (unpaired) electrons. The standard InChI is InChI=1S/C33H45N2O3/c1-4-5-6-7-8-9-10-11-12-16-24-38-31-22-21-28(25-32(31)37-3)26-35(30-19-14-13-15-20-30)33(36)29-18-17-23-34(2)27-29/h13-15,17-23,25,27H,4-12,16,24,26H2,1-3H3/q+1. The van der Waals surface area contributed by atoms with Crippen molar-refractivity contribution in [1.82, 2.24) is 0 Å². The van der Waals surface area contributed by atoms with Gasteiger partial charge in [0.15, 0.2) is 23.9 Å². The molecular weight excluding hydrogens is 472 g/mol. The second-order valence-electron chi connectivity index (χ2n) is 10.0. The number of benzene rings is 2. The van der Waals surface area contributed by atoms with E-state index < -0.39 is 0 Å². The first-order chi connectivity index (χ1) is 18.6. The first-order valence-electron chi connectivity index (χ1n) is 14.2. The second-order valence-corrected chi connectivity index (χ2v) is 10.0. The van der Waals surface area contributed by atoms with Gasteiger partial charge >= 0.3 is 0 Å². The summed E-state index contributed by atoms with van der Waals surface area (Å²) in [5.74, 6) is 1.40. The van der Waals surface area contributed by atoms with E-state index >= 15 is 0 Å². The Bertz CT molecular complexity index is 1100. The fourth-order valence-electron chi connectivity index (χ4n) is 4.64. The summed E-state index contributed by atoms with van der Waals surface area (Å²) in [6.45, 7) is 3.38. The predicted octanol–water partition coefficient (Wildman–Crippen LogP) is 7.67. The van der Waals surface area contributed by atoms with Gasteiger partial charge in [0.05, 0.1) is 20.3 Å². The second kappa shape index (κ2) is 16.5. The van der Waals surface area contributed by atoms with Crippen LogP contribution in [-0.4, -0.2) is 19.6 Å². The van der Waals surface area contributed by atoms with E-state index in [0.717, 1.165) is 23.4 Å². The van der Waals surface area contributed by atoms with Crippen LogP contribution in [0.25, 0.3) is 0 Å². The summed E-state index contributed by atoms with van der Waals surface area (Å²) >= 11 is 0. The van der Waals surface area contributed by atoms with E-state index in [1.165, 1.54) is 57.8 Å². The number of rotatable bonds is 17. The Hall–Kier alpha value is -3.34. The molecule has 0 spiro atoms. The molecule has 1 aromatic heterocycles. The quantitative estimate of drug-likeness (QED) is 0.136. The Morgan fingerprint density at radius 2 is 1.50 bits per heavy atom. The summed E-state index contributed by atoms with van der Waals surface area (Å²) in [5.41, 5.74) is 2.47. The number of pyridine rings is 1. The molecular formula is C33H45N2O3+. The van der Waals surface area contributed by atoms with Crippen molar-refractivity contribution >= 4 is 11.6 Å². The molecule has 2 aromatic carbocycles. The molecule has 204 valence electrons. The number of aryl methyl sites for hydroxylation is 1. The van der Waals surface area contributed by atoms with Crippen molar-refractivity contribution in [2.24, 2.45) is 7.05 Å². The topological polar surface area (TPSA) is 42.7 Å². The molecule has 0 fully saturated rings. The minimum absolute atomic E-state index is 0.0485. The number of carbonyl (C=O) groups is 1. The Kier molecular flexibility index (Phi) is 12.7. The number of amides is 1. The van der Waals surface area contributed by atoms with Crippen LogP contribution in [0.2, 0.25) is 0 Å². The Balaban J connectivity index is 1.55. The molecule has 0 N–H and O–H groups in total. The summed E-state index contributed by atoms with van der Waals surface area (Å²) < 4.78 is 13.6. The van der Waals surface area contributed by atoms with Crippen LogP contribution >= 0.6 is 0 Å². The summed E-state index contributed by atoms with van der Waals surface area (Å²) in [7, 11) is 3.58. The van der Waals surface area contributed by atoms with Crippen LogP contribution < -0.4 is 18.9 Å². The summed E-state index contributed by atoms with van der Waals surface area (Å²) in [6.07, 6.45) is 16.8. The molecule has 1 heterocycles. The van der Waals surface area contributed by atoms with Crippen LogP contribution in [0.3, 0.4) is 0 Å². The molecule has 5 heteroatoms. The van der Waals surface area contributed by atoms with Crippen LogP contribution in [0.1, 0.15) is 87.1 Å². The third kappa shape index (κ3) is 9.51. The number of anilines is 1. The van der Waals surface area contributed by atoms with E-state index in [0.29, 0.717) is 24.5 Å². The molecule has 1 amide bonds. The van der Waals surface area contributed by atoms with Crippen LogP contribution in [-0.2, 0) is 13.6 Å². The van der Waals surface area contributed by atoms with Gasteiger partial charge in [0, 0.05) is 11.8 Å². The maximum absolute atomic E-state index is 13.5. The molecule has 3 aromatic rings. The molecule has 0 atom stereocenters. The number of aromatic nitrogens is 1. The predicted molar refractivity (Wildman–Crippen MR) is 155 cm³/mol. The fraction of sp³-hybridized carbons (Fsp3) is 0.455. The zero-order chi connectivity index (χ0) is 27.0. The van der Waals surface area contributed by atoms with Crippen LogP contribution in [0.5, 0.6) is 11.5 Å². The molecule has 0 saturated carbocycles. The number of nitrogens with zero attached hydrogens (tertiary/aromatic N) is 2. The number of carbonyl (C=O) groups excluding carboxylic acids is 1. The molecule has 38 heavy (non-hydrogen) atoms. The molecule has 0 aliphatic carbocycles. The highest BCUT2D eigenvalue weighted by molar-refractivity contribution is 6.05. The van der Waals surface area contributed by atoms with Gasteiger partial charge < -0.3 is 14.4 Å². The zero-order valence-electron chi connectivity index (χ0n) is 23.5. The lowest BCUT2D eigenvalue weighted by Crippen LogP contribution is -2.34. The molecule has 5 nitrogen and oxygen atoms in total. The number of methoxy groups -OCH3 is 1. The monoisotopic (exact) mass is 517 g/mol. The van der Waals surface area contributed by atoms with Crippen molar-refractivity contribution in [3.05, 3.63) is 84.2 Å². The lowest BCUT2D eigenvalue weighted by Gasteiger charge is -2.23. The van der Waals surface area contributed by atoms with Crippen LogP contribution in [0.15, 0.2) is 73.1 Å². The van der Waals surface area contributed by atoms with E-state index in [2.05, 4.69) is 6.92 Å². The normalized spacial score (nSPS) is 10.8. The lowest BCUT2D eigenvalue weighted by molar-refractivity contribution is -0.671. The van der Waals surface area contributed by atoms with Gasteiger partial charge in [-0.15, -0.1) is 0 Å². The fourth-order valence-corrected chi connectivity index (χ4v) is 4.64. The molecule has 0 bridgehead atoms. The van der Waals surface area contributed by atoms with Crippen molar-refractivity contribution in [2.45, 2.75) is 77.7 Å². The van der Waals surface area contributed by atoms with Gasteiger partial charge in [-0.2, -0.15) is 0 Å². The number of unbranched alkanes of at least 4 members (excludes halogenated alkanes) is 9. The first kappa shape index (κ1) is 29.2. The summed E-state index contributed by atoms with van der Waals surface area (Å²) in [4.78, 5) is 15.3. The van der Waals surface area contributed by atoms with E-state index in [4.69, 9.17) is 9.47 Å². The van der Waals surface area contributed by atoms with Crippen molar-refractivity contribution in [2.75, 3.05) is 18.6 Å². The number of hydrogen-bond acceptors (Lipinski definition) is 3. The number of hydrogen-bond donors (Lipinski definition) is 0. The lowest BCUT2D eigenvalue weighted by atomic mass is 10.1. The van der Waals surface area contributed by atoms with E-state index in [9.17, 15) is 4.79 Å². The zero-order valence-corrected chi connectivity index (χ0v) is 23.5. The molecule has 0 aliphatic heterocycles. The first-order valence-corrected chi connectivity index (χ1v) is 14.2. The van der Waals surface area contributed by atoms with Crippen molar-refractivity contribution in [1.29, 1.82) is 0 Å². The third-order valence-corrected chi connectivity index (χ3v) is 6.82. The number of para-hydroxylation sites is 1. The van der Waals surface area contributed by atoms with Crippen molar-refractivity contribution in [3.8, 4) is 11.5 Å². The van der Waals surface area contributed by atoms with Gasteiger partial charge in [-0.3, -0.25) is 4.79 Å². The maximum atomic E-state index is 13.5. The average Bonchev–Trinajstić information content (AvgIpc) is 2.95. The smallest absolute Gasteiger partial charge is 0.264 e. The highest BCUT2D eigenvalue weighted by Gasteiger charge is 2.21. The van der Waals surface area contributed by atoms with Gasteiger partial charge in [0.1, 0.15) is 12.6 Å².